The van der Waals surface area contributed by atoms with Gasteiger partial charge in [0.1, 0.15) is 5.75 Å². The van der Waals surface area contributed by atoms with Crippen LogP contribution in [0, 0.1) is 6.92 Å². The van der Waals surface area contributed by atoms with E-state index in [1.54, 1.807) is 12.1 Å². The van der Waals surface area contributed by atoms with Crippen molar-refractivity contribution in [1.29, 1.82) is 0 Å². The third kappa shape index (κ3) is 3.70. The van der Waals surface area contributed by atoms with E-state index in [-0.39, 0.29) is 17.8 Å². The van der Waals surface area contributed by atoms with E-state index in [2.05, 4.69) is 15.3 Å². The molecule has 1 aliphatic rings. The number of amides is 2. The molecule has 134 valence electrons. The van der Waals surface area contributed by atoms with E-state index in [1.807, 2.05) is 48.8 Å². The summed E-state index contributed by atoms with van der Waals surface area (Å²) in [7, 11) is 1.90. The highest BCUT2D eigenvalue weighted by molar-refractivity contribution is 5.75. The van der Waals surface area contributed by atoms with Crippen molar-refractivity contribution in [2.75, 3.05) is 31.1 Å². The van der Waals surface area contributed by atoms with E-state index in [9.17, 15) is 9.90 Å². The summed E-state index contributed by atoms with van der Waals surface area (Å²) in [6.07, 6.45) is 1.81. The van der Waals surface area contributed by atoms with Crippen molar-refractivity contribution in [2.24, 2.45) is 7.05 Å². The third-order valence-corrected chi connectivity index (χ3v) is 4.86. The molecule has 1 aromatic heterocycles. The number of aryl methyl sites for hydroxylation is 1. The first-order chi connectivity index (χ1) is 12.0. The topological polar surface area (TPSA) is 73.6 Å². The predicted molar refractivity (Wildman–Crippen MR) is 96.8 cm³/mol. The number of carbonyl (C=O) groups is 1. The van der Waals surface area contributed by atoms with Crippen LogP contribution in [0.5, 0.6) is 5.75 Å². The molecule has 7 nitrogen and oxygen atoms in total. The molecule has 1 aromatic carbocycles. The van der Waals surface area contributed by atoms with Crippen LogP contribution in [0.25, 0.3) is 0 Å². The van der Waals surface area contributed by atoms with E-state index in [0.717, 1.165) is 30.0 Å². The van der Waals surface area contributed by atoms with Gasteiger partial charge >= 0.3 is 6.03 Å². The number of piperazine rings is 1. The Kier molecular flexibility index (Phi) is 4.83. The molecule has 0 bridgehead atoms. The fraction of sp³-hybridized carbons (Fsp3) is 0.444. The number of aromatic nitrogens is 2. The van der Waals surface area contributed by atoms with Crippen LogP contribution in [-0.2, 0) is 7.05 Å². The summed E-state index contributed by atoms with van der Waals surface area (Å²) in [6, 6.07) is 7.06. The Hall–Kier alpha value is -2.70. The molecular weight excluding hydrogens is 318 g/mol. The van der Waals surface area contributed by atoms with Gasteiger partial charge in [-0.05, 0) is 38.1 Å². The fourth-order valence-corrected chi connectivity index (χ4v) is 3.13. The predicted octanol–water partition coefficient (Wildman–Crippen LogP) is 2.03. The lowest BCUT2D eigenvalue weighted by molar-refractivity contribution is 0.191. The highest BCUT2D eigenvalue weighted by Gasteiger charge is 2.23. The molecule has 1 aliphatic heterocycles. The van der Waals surface area contributed by atoms with Gasteiger partial charge in [0.25, 0.3) is 0 Å². The highest BCUT2D eigenvalue weighted by atomic mass is 16.3. The van der Waals surface area contributed by atoms with Crippen LogP contribution in [0.4, 0.5) is 10.5 Å². The number of hydrogen-bond acceptors (Lipinski definition) is 4. The largest absolute Gasteiger partial charge is 0.508 e. The summed E-state index contributed by atoms with van der Waals surface area (Å²) in [6.45, 7) is 6.88. The molecule has 0 aliphatic carbocycles. The van der Waals surface area contributed by atoms with Crippen LogP contribution in [0.1, 0.15) is 24.2 Å². The average molecular weight is 343 g/mol. The molecule has 25 heavy (non-hydrogen) atoms. The summed E-state index contributed by atoms with van der Waals surface area (Å²) >= 11 is 0. The van der Waals surface area contributed by atoms with Crippen LogP contribution in [0.15, 0.2) is 30.5 Å². The summed E-state index contributed by atoms with van der Waals surface area (Å²) in [5.41, 5.74) is 3.17. The number of phenols is 1. The molecule has 1 atom stereocenters. The Morgan fingerprint density at radius 2 is 1.84 bits per heavy atom. The maximum atomic E-state index is 12.5. The second-order valence-electron chi connectivity index (χ2n) is 6.47. The summed E-state index contributed by atoms with van der Waals surface area (Å²) < 4.78 is 1.81. The number of benzene rings is 1. The minimum Gasteiger partial charge on any atom is -0.508 e. The van der Waals surface area contributed by atoms with E-state index in [0.29, 0.717) is 13.1 Å². The second kappa shape index (κ2) is 7.04. The lowest BCUT2D eigenvalue weighted by Crippen LogP contribution is -2.52. The molecule has 1 saturated heterocycles. The molecule has 0 spiro atoms. The smallest absolute Gasteiger partial charge is 0.317 e. The number of urea groups is 1. The van der Waals surface area contributed by atoms with Crippen molar-refractivity contribution in [1.82, 2.24) is 20.0 Å². The van der Waals surface area contributed by atoms with Crippen LogP contribution in [0.3, 0.4) is 0 Å². The van der Waals surface area contributed by atoms with Gasteiger partial charge in [0.05, 0.1) is 12.2 Å². The molecule has 2 aromatic rings. The van der Waals surface area contributed by atoms with Gasteiger partial charge in [-0.2, -0.15) is 5.10 Å². The number of hydrogen-bond donors (Lipinski definition) is 2. The van der Waals surface area contributed by atoms with Gasteiger partial charge < -0.3 is 20.2 Å². The van der Waals surface area contributed by atoms with Gasteiger partial charge in [0, 0.05) is 50.2 Å². The van der Waals surface area contributed by atoms with Crippen LogP contribution >= 0.6 is 0 Å². The Morgan fingerprint density at radius 3 is 2.40 bits per heavy atom. The molecule has 0 radical (unpaired) electrons. The van der Waals surface area contributed by atoms with E-state index in [1.165, 1.54) is 0 Å². The molecule has 7 heteroatoms. The lowest BCUT2D eigenvalue weighted by atomic mass is 10.1. The number of phenolic OH excluding ortho intramolecular Hbond substituents is 1. The maximum absolute atomic E-state index is 12.5. The van der Waals surface area contributed by atoms with Gasteiger partial charge in [0.2, 0.25) is 0 Å². The zero-order chi connectivity index (χ0) is 18.0. The van der Waals surface area contributed by atoms with Crippen molar-refractivity contribution in [2.45, 2.75) is 19.9 Å². The molecule has 2 heterocycles. The molecule has 0 unspecified atom stereocenters. The first-order valence-corrected chi connectivity index (χ1v) is 8.53. The van der Waals surface area contributed by atoms with Crippen molar-refractivity contribution >= 4 is 11.7 Å². The minimum absolute atomic E-state index is 0.0406. The number of nitrogens with zero attached hydrogens (tertiary/aromatic N) is 4. The van der Waals surface area contributed by atoms with Crippen LogP contribution in [0.2, 0.25) is 0 Å². The Balaban J connectivity index is 1.54. The van der Waals surface area contributed by atoms with Crippen molar-refractivity contribution in [3.8, 4) is 5.75 Å². The molecular formula is C18H25N5O2. The number of aromatic hydroxyl groups is 1. The normalized spacial score (nSPS) is 16.0. The lowest BCUT2D eigenvalue weighted by Gasteiger charge is -2.36. The van der Waals surface area contributed by atoms with E-state index < -0.39 is 0 Å². The first-order valence-electron chi connectivity index (χ1n) is 8.53. The highest BCUT2D eigenvalue weighted by Crippen LogP contribution is 2.20. The number of anilines is 1. The molecule has 2 amide bonds. The van der Waals surface area contributed by atoms with Crippen molar-refractivity contribution < 1.29 is 9.90 Å². The average Bonchev–Trinajstić information content (AvgIpc) is 2.95. The van der Waals surface area contributed by atoms with E-state index >= 15 is 0 Å². The monoisotopic (exact) mass is 343 g/mol. The standard InChI is InChI=1S/C18H25N5O2/c1-13(17-12-19-21(3)14(17)2)20-18(25)23-10-8-22(9-11-23)15-4-6-16(24)7-5-15/h4-7,12-13,24H,8-11H2,1-3H3,(H,20,25)/t13-/m0/s1. The molecule has 2 N–H and O–H groups in total. The zero-order valence-electron chi connectivity index (χ0n) is 14.9. The van der Waals surface area contributed by atoms with Gasteiger partial charge in [-0.3, -0.25) is 4.68 Å². The maximum Gasteiger partial charge on any atom is 0.317 e. The van der Waals surface area contributed by atoms with Crippen LogP contribution in [-0.4, -0.2) is 52.0 Å². The second-order valence-corrected chi connectivity index (χ2v) is 6.47. The quantitative estimate of drug-likeness (QED) is 0.894. The van der Waals surface area contributed by atoms with Crippen molar-refractivity contribution in [3.63, 3.8) is 0 Å². The summed E-state index contributed by atoms with van der Waals surface area (Å²) in [4.78, 5) is 16.6. The van der Waals surface area contributed by atoms with Gasteiger partial charge in [0.15, 0.2) is 0 Å². The summed E-state index contributed by atoms with van der Waals surface area (Å²) in [5, 5.41) is 16.7. The Bertz CT molecular complexity index is 732. The fourth-order valence-electron chi connectivity index (χ4n) is 3.13. The number of nitrogens with one attached hydrogen (secondary N) is 1. The van der Waals surface area contributed by atoms with Crippen LogP contribution < -0.4 is 10.2 Å². The van der Waals surface area contributed by atoms with Gasteiger partial charge in [-0.15, -0.1) is 0 Å². The van der Waals surface area contributed by atoms with Gasteiger partial charge in [-0.1, -0.05) is 0 Å². The molecule has 0 saturated carbocycles. The molecule has 1 fully saturated rings. The Morgan fingerprint density at radius 1 is 1.20 bits per heavy atom. The molecule has 3 rings (SSSR count). The number of rotatable bonds is 3. The minimum atomic E-state index is -0.0728. The number of carbonyl (C=O) groups excluding carboxylic acids is 1. The van der Waals surface area contributed by atoms with Crippen molar-refractivity contribution in [3.05, 3.63) is 41.7 Å². The first kappa shape index (κ1) is 17.1. The summed E-state index contributed by atoms with van der Waals surface area (Å²) in [5.74, 6) is 0.265. The zero-order valence-corrected chi connectivity index (χ0v) is 14.9. The Labute approximate surface area is 147 Å². The SMILES string of the molecule is Cc1c([C@H](C)NC(=O)N2CCN(c3ccc(O)cc3)CC2)cnn1C. The third-order valence-electron chi connectivity index (χ3n) is 4.86. The van der Waals surface area contributed by atoms with Gasteiger partial charge in [-0.25, -0.2) is 4.79 Å². The van der Waals surface area contributed by atoms with E-state index in [4.69, 9.17) is 0 Å².